The zero-order chi connectivity index (χ0) is 14.5. The highest BCUT2D eigenvalue weighted by Gasteiger charge is 2.41. The van der Waals surface area contributed by atoms with E-state index in [1.807, 2.05) is 35.7 Å². The number of epoxide rings is 1. The first kappa shape index (κ1) is 14.9. The zero-order valence-corrected chi connectivity index (χ0v) is 12.7. The van der Waals surface area contributed by atoms with Gasteiger partial charge in [-0.2, -0.15) is 0 Å². The topological polar surface area (TPSA) is 53.7 Å². The van der Waals surface area contributed by atoms with E-state index in [1.165, 1.54) is 0 Å². The van der Waals surface area contributed by atoms with Crippen molar-refractivity contribution in [2.75, 3.05) is 7.05 Å². The third kappa shape index (κ3) is 4.02. The Labute approximate surface area is 124 Å². The summed E-state index contributed by atoms with van der Waals surface area (Å²) in [6.07, 6.45) is -0.262. The molecule has 1 aliphatic heterocycles. The first-order chi connectivity index (χ1) is 9.61. The minimum Gasteiger partial charge on any atom is -0.383 e. The molecule has 2 N–H and O–H groups in total. The molecule has 2 atom stereocenters. The number of ether oxygens (including phenoxy) is 1. The Morgan fingerprint density at radius 3 is 2.65 bits per heavy atom. The number of amides is 1. The van der Waals surface area contributed by atoms with Crippen molar-refractivity contribution >= 4 is 17.7 Å². The highest BCUT2D eigenvalue weighted by molar-refractivity contribution is 8.02. The predicted octanol–water partition coefficient (Wildman–Crippen LogP) is 2.40. The summed E-state index contributed by atoms with van der Waals surface area (Å²) in [5.41, 5.74) is 1.65. The van der Waals surface area contributed by atoms with Crippen LogP contribution in [0.25, 0.3) is 0 Å². The van der Waals surface area contributed by atoms with Crippen molar-refractivity contribution in [2.45, 2.75) is 31.4 Å². The maximum atomic E-state index is 12.1. The van der Waals surface area contributed by atoms with Crippen LogP contribution >= 0.6 is 11.8 Å². The summed E-state index contributed by atoms with van der Waals surface area (Å²) in [7, 11) is 1.74. The van der Waals surface area contributed by atoms with Gasteiger partial charge in [-0.1, -0.05) is 44.2 Å². The number of thioether (sulfide) groups is 1. The molecule has 4 nitrogen and oxygen atoms in total. The monoisotopic (exact) mass is 292 g/mol. The van der Waals surface area contributed by atoms with Gasteiger partial charge in [0, 0.05) is 12.3 Å². The van der Waals surface area contributed by atoms with Crippen LogP contribution in [-0.4, -0.2) is 24.4 Å². The van der Waals surface area contributed by atoms with Crippen molar-refractivity contribution in [3.63, 3.8) is 0 Å². The number of nitrogens with one attached hydrogen (secondary N) is 2. The minimum atomic E-state index is -0.231. The van der Waals surface area contributed by atoms with E-state index in [1.54, 1.807) is 18.8 Å². The third-order valence-electron chi connectivity index (χ3n) is 2.87. The van der Waals surface area contributed by atoms with Crippen molar-refractivity contribution in [1.29, 1.82) is 0 Å². The quantitative estimate of drug-likeness (QED) is 0.624. The van der Waals surface area contributed by atoms with Crippen molar-refractivity contribution in [2.24, 2.45) is 0 Å². The van der Waals surface area contributed by atoms with E-state index < -0.39 is 0 Å². The average molecular weight is 292 g/mol. The molecule has 0 bridgehead atoms. The maximum absolute atomic E-state index is 12.1. The molecule has 2 rings (SSSR count). The molecule has 108 valence electrons. The Hall–Kier alpha value is -1.46. The van der Waals surface area contributed by atoms with E-state index in [4.69, 9.17) is 4.74 Å². The molecule has 1 aromatic rings. The van der Waals surface area contributed by atoms with Crippen molar-refractivity contribution < 1.29 is 9.53 Å². The van der Waals surface area contributed by atoms with E-state index in [-0.39, 0.29) is 18.2 Å². The SMILES string of the molecule is CN/C(=C\SC(C)C)C(=O)NC1OC1c1ccccc1. The Bertz CT molecular complexity index is 488. The molecular formula is C15H20N2O2S. The molecule has 2 unspecified atom stereocenters. The summed E-state index contributed by atoms with van der Waals surface area (Å²) in [6, 6.07) is 9.90. The molecule has 0 saturated carbocycles. The third-order valence-corrected chi connectivity index (χ3v) is 3.78. The molecule has 5 heteroatoms. The number of benzene rings is 1. The van der Waals surface area contributed by atoms with Gasteiger partial charge in [0.2, 0.25) is 0 Å². The van der Waals surface area contributed by atoms with Gasteiger partial charge >= 0.3 is 0 Å². The van der Waals surface area contributed by atoms with Crippen LogP contribution in [0.3, 0.4) is 0 Å². The molecule has 1 fully saturated rings. The van der Waals surface area contributed by atoms with E-state index in [2.05, 4.69) is 24.5 Å². The van der Waals surface area contributed by atoms with Gasteiger partial charge in [-0.05, 0) is 11.0 Å². The van der Waals surface area contributed by atoms with Gasteiger partial charge in [-0.3, -0.25) is 4.79 Å². The van der Waals surface area contributed by atoms with Gasteiger partial charge in [0.1, 0.15) is 11.8 Å². The molecule has 0 spiro atoms. The van der Waals surface area contributed by atoms with Crippen LogP contribution in [0.5, 0.6) is 0 Å². The zero-order valence-electron chi connectivity index (χ0n) is 11.9. The molecule has 1 heterocycles. The van der Waals surface area contributed by atoms with Crippen LogP contribution in [0.4, 0.5) is 0 Å². The molecule has 1 amide bonds. The Morgan fingerprint density at radius 1 is 1.35 bits per heavy atom. The number of carbonyl (C=O) groups is 1. The van der Waals surface area contributed by atoms with Crippen molar-refractivity contribution in [3.8, 4) is 0 Å². The Balaban J connectivity index is 1.88. The van der Waals surface area contributed by atoms with Gasteiger partial charge in [0.25, 0.3) is 5.91 Å². The first-order valence-electron chi connectivity index (χ1n) is 6.66. The second kappa shape index (κ2) is 6.81. The summed E-state index contributed by atoms with van der Waals surface area (Å²) < 4.78 is 5.50. The van der Waals surface area contributed by atoms with Gasteiger partial charge in [-0.15, -0.1) is 11.8 Å². The second-order valence-electron chi connectivity index (χ2n) is 4.83. The Kier molecular flexibility index (Phi) is 5.09. The molecule has 0 aliphatic carbocycles. The fourth-order valence-electron chi connectivity index (χ4n) is 1.76. The van der Waals surface area contributed by atoms with Gasteiger partial charge in [0.05, 0.1) is 0 Å². The summed E-state index contributed by atoms with van der Waals surface area (Å²) in [6.45, 7) is 4.17. The summed E-state index contributed by atoms with van der Waals surface area (Å²) >= 11 is 1.61. The number of hydrogen-bond acceptors (Lipinski definition) is 4. The molecule has 1 saturated heterocycles. The normalized spacial score (nSPS) is 21.7. The molecule has 1 aromatic carbocycles. The van der Waals surface area contributed by atoms with Gasteiger partial charge in [-0.25, -0.2) is 0 Å². The lowest BCUT2D eigenvalue weighted by atomic mass is 10.1. The van der Waals surface area contributed by atoms with E-state index in [0.29, 0.717) is 10.9 Å². The average Bonchev–Trinajstić information content (AvgIpc) is 3.19. The molecule has 0 radical (unpaired) electrons. The lowest BCUT2D eigenvalue weighted by Crippen LogP contribution is -2.32. The molecule has 0 aromatic heterocycles. The van der Waals surface area contributed by atoms with Gasteiger partial charge in [0.15, 0.2) is 6.23 Å². The fraction of sp³-hybridized carbons (Fsp3) is 0.400. The van der Waals surface area contributed by atoms with Crippen LogP contribution in [0.2, 0.25) is 0 Å². The molecule has 1 aliphatic rings. The second-order valence-corrected chi connectivity index (χ2v) is 6.28. The summed E-state index contributed by atoms with van der Waals surface area (Å²) in [5.74, 6) is -0.135. The molecular weight excluding hydrogens is 272 g/mol. The van der Waals surface area contributed by atoms with Crippen LogP contribution < -0.4 is 10.6 Å². The largest absolute Gasteiger partial charge is 0.383 e. The lowest BCUT2D eigenvalue weighted by Gasteiger charge is -2.07. The smallest absolute Gasteiger partial charge is 0.269 e. The van der Waals surface area contributed by atoms with Crippen molar-refractivity contribution in [3.05, 3.63) is 47.0 Å². The van der Waals surface area contributed by atoms with Crippen LogP contribution in [0, 0.1) is 0 Å². The van der Waals surface area contributed by atoms with E-state index in [0.717, 1.165) is 5.56 Å². The number of likely N-dealkylation sites (N-methyl/N-ethyl adjacent to an activating group) is 1. The standard InChI is InChI=1S/C15H20N2O2S/c1-10(2)20-9-12(16-3)14(18)17-15-13(19-15)11-7-5-4-6-8-11/h4-10,13,15-16H,1-3H3,(H,17,18)/b12-9-. The number of carbonyl (C=O) groups excluding carboxylic acids is 1. The summed E-state index contributed by atoms with van der Waals surface area (Å²) in [5, 5.41) is 8.08. The first-order valence-corrected chi connectivity index (χ1v) is 7.60. The fourth-order valence-corrected chi connectivity index (χ4v) is 2.39. The van der Waals surface area contributed by atoms with Crippen molar-refractivity contribution in [1.82, 2.24) is 10.6 Å². The highest BCUT2D eigenvalue weighted by Crippen LogP contribution is 2.36. The van der Waals surface area contributed by atoms with Crippen LogP contribution in [0.1, 0.15) is 25.5 Å². The summed E-state index contributed by atoms with van der Waals surface area (Å²) in [4.78, 5) is 12.1. The van der Waals surface area contributed by atoms with Gasteiger partial charge < -0.3 is 15.4 Å². The lowest BCUT2D eigenvalue weighted by molar-refractivity contribution is -0.118. The maximum Gasteiger partial charge on any atom is 0.269 e. The molecule has 20 heavy (non-hydrogen) atoms. The van der Waals surface area contributed by atoms with E-state index in [9.17, 15) is 4.79 Å². The van der Waals surface area contributed by atoms with Crippen LogP contribution in [0.15, 0.2) is 41.4 Å². The van der Waals surface area contributed by atoms with E-state index >= 15 is 0 Å². The minimum absolute atomic E-state index is 0.0315. The number of rotatable bonds is 6. The number of hydrogen-bond donors (Lipinski definition) is 2. The Morgan fingerprint density at radius 2 is 2.05 bits per heavy atom. The highest BCUT2D eigenvalue weighted by atomic mass is 32.2. The van der Waals surface area contributed by atoms with Crippen LogP contribution in [-0.2, 0) is 9.53 Å². The predicted molar refractivity (Wildman–Crippen MR) is 82.1 cm³/mol.